The monoisotopic (exact) mass is 466 g/mol. The van der Waals surface area contributed by atoms with Gasteiger partial charge in [0.05, 0.1) is 40.0 Å². The molecule has 0 amide bonds. The second kappa shape index (κ2) is 19.5. The van der Waals surface area contributed by atoms with Gasteiger partial charge in [0.15, 0.2) is 0 Å². The Morgan fingerprint density at radius 3 is 1.68 bits per heavy atom. The predicted molar refractivity (Wildman–Crippen MR) is 131 cm³/mol. The van der Waals surface area contributed by atoms with Crippen LogP contribution in [-0.4, -0.2) is 74.3 Å². The van der Waals surface area contributed by atoms with Crippen molar-refractivity contribution in [2.45, 2.75) is 103 Å². The fourth-order valence-corrected chi connectivity index (χ4v) is 4.56. The maximum atomic E-state index is 12.0. The van der Waals surface area contributed by atoms with E-state index in [9.17, 15) is 14.6 Å². The number of quaternary nitrogens is 1. The fraction of sp³-hybridized carbons (Fsp3) is 1.00. The summed E-state index contributed by atoms with van der Waals surface area (Å²) in [6, 6.07) is 0. The first kappa shape index (κ1) is 31.0. The normalized spacial score (nSPS) is 15.2. The number of aliphatic hydroxyl groups is 1. The van der Waals surface area contributed by atoms with Crippen molar-refractivity contribution >= 4 is 7.60 Å². The molecule has 0 saturated carbocycles. The smallest absolute Gasteiger partial charge is 0.331 e. The topological polar surface area (TPSA) is 76.0 Å². The van der Waals surface area contributed by atoms with Gasteiger partial charge in [-0.1, -0.05) is 90.4 Å². The zero-order valence-electron chi connectivity index (χ0n) is 21.0. The first-order valence-corrected chi connectivity index (χ1v) is 14.4. The molecule has 31 heavy (non-hydrogen) atoms. The average molecular weight is 467 g/mol. The van der Waals surface area contributed by atoms with Gasteiger partial charge >= 0.3 is 7.60 Å². The number of rotatable bonds is 23. The summed E-state index contributed by atoms with van der Waals surface area (Å²) >= 11 is 0. The van der Waals surface area contributed by atoms with Crippen LogP contribution in [0, 0.1) is 0 Å². The summed E-state index contributed by atoms with van der Waals surface area (Å²) in [7, 11) is 2.21. The van der Waals surface area contributed by atoms with Gasteiger partial charge in [0.25, 0.3) is 0 Å². The van der Waals surface area contributed by atoms with Gasteiger partial charge in [-0.15, -0.1) is 0 Å². The molecule has 0 fully saturated rings. The van der Waals surface area contributed by atoms with Gasteiger partial charge < -0.3 is 23.7 Å². The van der Waals surface area contributed by atoms with E-state index in [-0.39, 0.29) is 19.4 Å². The number of hydrogen-bond acceptors (Lipinski definition) is 4. The first-order valence-electron chi connectivity index (χ1n) is 12.7. The number of ether oxygens (including phenoxy) is 1. The Kier molecular flexibility index (Phi) is 19.5. The molecule has 0 bridgehead atoms. The summed E-state index contributed by atoms with van der Waals surface area (Å²) in [5.74, 6) is 0. The number of hydrogen-bond donors (Lipinski definition) is 2. The lowest BCUT2D eigenvalue weighted by atomic mass is 10.0. The third-order valence-electron chi connectivity index (χ3n) is 5.45. The lowest BCUT2D eigenvalue weighted by molar-refractivity contribution is -0.870. The number of likely N-dealkylation sites (N-methyl/N-ethyl adjacent to an activating group) is 1. The molecule has 2 atom stereocenters. The lowest BCUT2D eigenvalue weighted by Crippen LogP contribution is -2.37. The quantitative estimate of drug-likeness (QED) is 0.114. The van der Waals surface area contributed by atoms with Crippen LogP contribution in [0.15, 0.2) is 0 Å². The molecule has 188 valence electrons. The van der Waals surface area contributed by atoms with E-state index in [0.29, 0.717) is 17.6 Å². The van der Waals surface area contributed by atoms with Crippen LogP contribution in [0.3, 0.4) is 0 Å². The van der Waals surface area contributed by atoms with Crippen molar-refractivity contribution in [3.8, 4) is 0 Å². The Labute approximate surface area is 192 Å². The lowest BCUT2D eigenvalue weighted by Gasteiger charge is -2.24. The maximum absolute atomic E-state index is 12.0. The third kappa shape index (κ3) is 24.5. The molecule has 0 aliphatic rings. The van der Waals surface area contributed by atoms with Gasteiger partial charge in [0, 0.05) is 6.61 Å². The second-order valence-electron chi connectivity index (χ2n) is 9.99. The van der Waals surface area contributed by atoms with E-state index in [1.165, 1.54) is 77.0 Å². The highest BCUT2D eigenvalue weighted by Crippen LogP contribution is 2.42. The minimum absolute atomic E-state index is 0.0850. The van der Waals surface area contributed by atoms with Crippen LogP contribution in [-0.2, 0) is 13.8 Å². The molecule has 0 aromatic rings. The van der Waals surface area contributed by atoms with Gasteiger partial charge in [0.2, 0.25) is 0 Å². The van der Waals surface area contributed by atoms with E-state index in [2.05, 4.69) is 6.92 Å². The summed E-state index contributed by atoms with van der Waals surface area (Å²) in [4.78, 5) is 9.83. The zero-order chi connectivity index (χ0) is 23.4. The number of aliphatic hydroxyl groups excluding tert-OH is 1. The highest BCUT2D eigenvalue weighted by Gasteiger charge is 2.25. The molecule has 0 saturated heterocycles. The van der Waals surface area contributed by atoms with Gasteiger partial charge in [-0.3, -0.25) is 4.57 Å². The molecule has 0 aliphatic carbocycles. The minimum Gasteiger partial charge on any atom is -0.390 e. The van der Waals surface area contributed by atoms with Crippen LogP contribution in [0.25, 0.3) is 0 Å². The molecule has 0 aliphatic heterocycles. The van der Waals surface area contributed by atoms with E-state index < -0.39 is 13.7 Å². The van der Waals surface area contributed by atoms with Crippen molar-refractivity contribution in [3.63, 3.8) is 0 Å². The Morgan fingerprint density at radius 2 is 1.23 bits per heavy atom. The Hall–Kier alpha value is 0.0300. The zero-order valence-corrected chi connectivity index (χ0v) is 21.9. The molecular formula is C24H53NO5P+. The second-order valence-corrected chi connectivity index (χ2v) is 11.9. The summed E-state index contributed by atoms with van der Waals surface area (Å²) < 4.78 is 23.2. The van der Waals surface area contributed by atoms with Gasteiger partial charge in [-0.25, -0.2) is 0 Å². The summed E-state index contributed by atoms with van der Waals surface area (Å²) in [6.45, 7) is 3.77. The molecule has 0 rings (SSSR count). The third-order valence-corrected chi connectivity index (χ3v) is 6.92. The van der Waals surface area contributed by atoms with Crippen molar-refractivity contribution in [1.82, 2.24) is 0 Å². The van der Waals surface area contributed by atoms with Crippen LogP contribution in [0.2, 0.25) is 0 Å². The molecule has 0 spiro atoms. The fourth-order valence-electron chi connectivity index (χ4n) is 3.45. The Bertz CT molecular complexity index is 442. The highest BCUT2D eigenvalue weighted by atomic mass is 31.2. The largest absolute Gasteiger partial charge is 0.390 e. The highest BCUT2D eigenvalue weighted by molar-refractivity contribution is 7.52. The maximum Gasteiger partial charge on any atom is 0.331 e. The number of nitrogens with zero attached hydrogens (tertiary/aromatic N) is 1. The minimum atomic E-state index is -3.77. The summed E-state index contributed by atoms with van der Waals surface area (Å²) in [5.41, 5.74) is 0. The van der Waals surface area contributed by atoms with E-state index in [4.69, 9.17) is 9.26 Å². The van der Waals surface area contributed by atoms with Crippen molar-refractivity contribution < 1.29 is 28.3 Å². The van der Waals surface area contributed by atoms with Crippen molar-refractivity contribution in [3.05, 3.63) is 0 Å². The van der Waals surface area contributed by atoms with E-state index in [1.54, 1.807) is 0 Å². The molecule has 2 N–H and O–H groups in total. The summed E-state index contributed by atoms with van der Waals surface area (Å²) in [6.07, 6.45) is 17.2. The predicted octanol–water partition coefficient (Wildman–Crippen LogP) is 5.75. The van der Waals surface area contributed by atoms with Crippen molar-refractivity contribution in [2.24, 2.45) is 0 Å². The molecule has 0 heterocycles. The van der Waals surface area contributed by atoms with Gasteiger partial charge in [-0.2, -0.15) is 0 Å². The molecule has 1 unspecified atom stereocenters. The van der Waals surface area contributed by atoms with Crippen LogP contribution >= 0.6 is 7.60 Å². The number of unbranched alkanes of at least 4 members (excludes halogenated alkanes) is 13. The van der Waals surface area contributed by atoms with Gasteiger partial charge in [0.1, 0.15) is 13.2 Å². The Morgan fingerprint density at radius 1 is 0.774 bits per heavy atom. The van der Waals surface area contributed by atoms with Gasteiger partial charge in [-0.05, 0) is 6.42 Å². The van der Waals surface area contributed by atoms with Crippen LogP contribution in [0.5, 0.6) is 0 Å². The molecule has 7 heteroatoms. The van der Waals surface area contributed by atoms with Crippen LogP contribution in [0.4, 0.5) is 0 Å². The standard InChI is InChI=1S/C24H52NO5P/c1-5-6-7-8-9-10-11-12-13-14-15-16-17-18-20-29-22-24(26)23-31(27,28)30-21-19-25(2,3)4/h24,26H,5-23H2,1-4H3/p+1/t24-/m1/s1. The molecule has 0 aromatic heterocycles. The molecule has 0 aromatic carbocycles. The molecule has 6 nitrogen and oxygen atoms in total. The van der Waals surface area contributed by atoms with Crippen molar-refractivity contribution in [1.29, 1.82) is 0 Å². The van der Waals surface area contributed by atoms with E-state index >= 15 is 0 Å². The van der Waals surface area contributed by atoms with Crippen molar-refractivity contribution in [2.75, 3.05) is 53.7 Å². The Balaban J connectivity index is 3.42. The first-order chi connectivity index (χ1) is 14.7. The molecular weight excluding hydrogens is 413 g/mol. The SMILES string of the molecule is CCCCCCCCCCCCCCCCOC[C@@H](O)CP(=O)(O)OCC[N+](C)(C)C. The molecule has 0 radical (unpaired) electrons. The van der Waals surface area contributed by atoms with Crippen LogP contribution in [0.1, 0.15) is 96.8 Å². The van der Waals surface area contributed by atoms with E-state index in [1.807, 2.05) is 21.1 Å². The average Bonchev–Trinajstić information content (AvgIpc) is 2.66. The van der Waals surface area contributed by atoms with E-state index in [0.717, 1.165) is 12.8 Å². The summed E-state index contributed by atoms with van der Waals surface area (Å²) in [5, 5.41) is 9.92. The van der Waals surface area contributed by atoms with Crippen LogP contribution < -0.4 is 0 Å².